The van der Waals surface area contributed by atoms with Crippen molar-refractivity contribution in [3.05, 3.63) is 12.2 Å². The van der Waals surface area contributed by atoms with E-state index in [4.69, 9.17) is 9.47 Å². The first kappa shape index (κ1) is 19.2. The molecule has 0 unspecified atom stereocenters. The van der Waals surface area contributed by atoms with Gasteiger partial charge in [0, 0.05) is 7.11 Å². The van der Waals surface area contributed by atoms with Gasteiger partial charge in [0.05, 0.1) is 18.8 Å². The molecule has 1 aliphatic rings. The Labute approximate surface area is 136 Å². The molecule has 0 aliphatic carbocycles. The highest BCUT2D eigenvalue weighted by Crippen LogP contribution is 2.34. The van der Waals surface area contributed by atoms with Crippen LogP contribution in [0.25, 0.3) is 0 Å². The van der Waals surface area contributed by atoms with E-state index in [1.165, 1.54) is 19.3 Å². The standard InChI is InChI=1S/C19H33NO2/c1-3-4-8-12-18-13-11-15-19(17-20,22-18)14-9-6-5-7-10-16-21-2/h7,10,18H,3-6,8-9,11-16H2,1-2H3/b10-7+/t18-,19+/m0/s1. The minimum atomic E-state index is -0.509. The molecule has 0 aromatic heterocycles. The second-order valence-corrected chi connectivity index (χ2v) is 6.41. The lowest BCUT2D eigenvalue weighted by molar-refractivity contribution is -0.102. The van der Waals surface area contributed by atoms with Crippen LogP contribution in [0.2, 0.25) is 0 Å². The molecule has 0 saturated carbocycles. The third-order valence-corrected chi connectivity index (χ3v) is 4.46. The summed E-state index contributed by atoms with van der Waals surface area (Å²) in [5, 5.41) is 9.60. The molecule has 0 amide bonds. The lowest BCUT2D eigenvalue weighted by atomic mass is 9.87. The van der Waals surface area contributed by atoms with Gasteiger partial charge in [-0.2, -0.15) is 5.26 Å². The molecule has 22 heavy (non-hydrogen) atoms. The van der Waals surface area contributed by atoms with Gasteiger partial charge < -0.3 is 9.47 Å². The largest absolute Gasteiger partial charge is 0.381 e. The molecule has 0 aromatic rings. The minimum Gasteiger partial charge on any atom is -0.381 e. The van der Waals surface area contributed by atoms with E-state index in [2.05, 4.69) is 25.1 Å². The Kier molecular flexibility index (Phi) is 10.2. The summed E-state index contributed by atoms with van der Waals surface area (Å²) >= 11 is 0. The summed E-state index contributed by atoms with van der Waals surface area (Å²) in [5.74, 6) is 0. The summed E-state index contributed by atoms with van der Waals surface area (Å²) in [6.45, 7) is 2.91. The smallest absolute Gasteiger partial charge is 0.154 e. The fraction of sp³-hybridized carbons (Fsp3) is 0.842. The van der Waals surface area contributed by atoms with E-state index in [0.29, 0.717) is 12.7 Å². The van der Waals surface area contributed by atoms with Crippen LogP contribution in [0.1, 0.15) is 77.6 Å². The molecule has 0 aromatic carbocycles. The van der Waals surface area contributed by atoms with Crippen LogP contribution in [0.3, 0.4) is 0 Å². The topological polar surface area (TPSA) is 42.2 Å². The van der Waals surface area contributed by atoms with Crippen molar-refractivity contribution in [2.45, 2.75) is 89.3 Å². The maximum atomic E-state index is 9.60. The van der Waals surface area contributed by atoms with Crippen LogP contribution in [0.4, 0.5) is 0 Å². The first-order valence-corrected chi connectivity index (χ1v) is 8.99. The van der Waals surface area contributed by atoms with Gasteiger partial charge in [0.2, 0.25) is 0 Å². The Morgan fingerprint density at radius 2 is 2.14 bits per heavy atom. The van der Waals surface area contributed by atoms with Gasteiger partial charge in [0.1, 0.15) is 0 Å². The minimum absolute atomic E-state index is 0.307. The number of methoxy groups -OCH3 is 1. The van der Waals surface area contributed by atoms with Crippen molar-refractivity contribution < 1.29 is 9.47 Å². The average Bonchev–Trinajstić information content (AvgIpc) is 2.55. The van der Waals surface area contributed by atoms with Crippen LogP contribution in [0.5, 0.6) is 0 Å². The van der Waals surface area contributed by atoms with Crippen LogP contribution in [-0.2, 0) is 9.47 Å². The Bertz CT molecular complexity index is 348. The summed E-state index contributed by atoms with van der Waals surface area (Å²) in [6.07, 6.45) is 16.7. The highest BCUT2D eigenvalue weighted by Gasteiger charge is 2.36. The molecule has 1 rings (SSSR count). The Morgan fingerprint density at radius 3 is 2.86 bits per heavy atom. The second kappa shape index (κ2) is 11.7. The van der Waals surface area contributed by atoms with Gasteiger partial charge in [-0.15, -0.1) is 0 Å². The van der Waals surface area contributed by atoms with Crippen LogP contribution >= 0.6 is 0 Å². The number of nitriles is 1. The molecular weight excluding hydrogens is 274 g/mol. The summed E-state index contributed by atoms with van der Waals surface area (Å²) in [6, 6.07) is 2.49. The summed E-state index contributed by atoms with van der Waals surface area (Å²) in [7, 11) is 1.71. The molecule has 1 fully saturated rings. The van der Waals surface area contributed by atoms with Crippen molar-refractivity contribution in [1.29, 1.82) is 5.26 Å². The maximum absolute atomic E-state index is 9.60. The first-order valence-electron chi connectivity index (χ1n) is 8.99. The zero-order chi connectivity index (χ0) is 16.1. The molecule has 2 atom stereocenters. The van der Waals surface area contributed by atoms with E-state index in [-0.39, 0.29) is 0 Å². The Morgan fingerprint density at radius 1 is 1.27 bits per heavy atom. The van der Waals surface area contributed by atoms with Crippen molar-refractivity contribution in [1.82, 2.24) is 0 Å². The van der Waals surface area contributed by atoms with Crippen molar-refractivity contribution in [2.75, 3.05) is 13.7 Å². The zero-order valence-electron chi connectivity index (χ0n) is 14.5. The SMILES string of the molecule is CCCCC[C@H]1CCC[C@@](C#N)(CCCC/C=C/COC)O1. The van der Waals surface area contributed by atoms with E-state index < -0.39 is 5.60 Å². The molecule has 3 nitrogen and oxygen atoms in total. The van der Waals surface area contributed by atoms with Crippen LogP contribution in [-0.4, -0.2) is 25.4 Å². The molecule has 0 N–H and O–H groups in total. The summed E-state index contributed by atoms with van der Waals surface area (Å²) in [4.78, 5) is 0. The lowest BCUT2D eigenvalue weighted by Gasteiger charge is -2.36. The van der Waals surface area contributed by atoms with Crippen molar-refractivity contribution in [3.63, 3.8) is 0 Å². The number of ether oxygens (including phenoxy) is 2. The van der Waals surface area contributed by atoms with E-state index in [1.807, 2.05) is 0 Å². The third kappa shape index (κ3) is 7.42. The number of allylic oxidation sites excluding steroid dienone is 1. The van der Waals surface area contributed by atoms with Gasteiger partial charge in [-0.1, -0.05) is 38.3 Å². The van der Waals surface area contributed by atoms with E-state index in [9.17, 15) is 5.26 Å². The molecule has 0 radical (unpaired) electrons. The molecule has 126 valence electrons. The van der Waals surface area contributed by atoms with Gasteiger partial charge >= 0.3 is 0 Å². The molecule has 0 bridgehead atoms. The number of rotatable bonds is 11. The van der Waals surface area contributed by atoms with Crippen LogP contribution in [0.15, 0.2) is 12.2 Å². The molecule has 1 saturated heterocycles. The Balaban J connectivity index is 2.29. The number of unbranched alkanes of at least 4 members (excludes halogenated alkanes) is 4. The van der Waals surface area contributed by atoms with Crippen molar-refractivity contribution in [3.8, 4) is 6.07 Å². The molecule has 1 aliphatic heterocycles. The van der Waals surface area contributed by atoms with E-state index in [0.717, 1.165) is 51.4 Å². The molecule has 0 spiro atoms. The lowest BCUT2D eigenvalue weighted by Crippen LogP contribution is -2.39. The maximum Gasteiger partial charge on any atom is 0.154 e. The molecule has 1 heterocycles. The van der Waals surface area contributed by atoms with Gasteiger partial charge in [-0.25, -0.2) is 0 Å². The normalized spacial score (nSPS) is 25.4. The average molecular weight is 307 g/mol. The third-order valence-electron chi connectivity index (χ3n) is 4.46. The first-order chi connectivity index (χ1) is 10.8. The van der Waals surface area contributed by atoms with Crippen molar-refractivity contribution >= 4 is 0 Å². The fourth-order valence-electron chi connectivity index (χ4n) is 3.15. The zero-order valence-corrected chi connectivity index (χ0v) is 14.5. The van der Waals surface area contributed by atoms with Crippen LogP contribution < -0.4 is 0 Å². The summed E-state index contributed by atoms with van der Waals surface area (Å²) < 4.78 is 11.2. The van der Waals surface area contributed by atoms with E-state index >= 15 is 0 Å². The van der Waals surface area contributed by atoms with Gasteiger partial charge in [-0.3, -0.25) is 0 Å². The van der Waals surface area contributed by atoms with Crippen LogP contribution in [0, 0.1) is 11.3 Å². The predicted molar refractivity (Wildman–Crippen MR) is 90.7 cm³/mol. The predicted octanol–water partition coefficient (Wildman–Crippen LogP) is 5.16. The quantitative estimate of drug-likeness (QED) is 0.391. The Hall–Kier alpha value is -0.850. The summed E-state index contributed by atoms with van der Waals surface area (Å²) in [5.41, 5.74) is -0.509. The fourth-order valence-corrected chi connectivity index (χ4v) is 3.15. The molecule has 3 heteroatoms. The monoisotopic (exact) mass is 307 g/mol. The number of hydrogen-bond donors (Lipinski definition) is 0. The molecular formula is C19H33NO2. The van der Waals surface area contributed by atoms with Gasteiger partial charge in [0.25, 0.3) is 0 Å². The number of nitrogens with zero attached hydrogens (tertiary/aromatic N) is 1. The van der Waals surface area contributed by atoms with Crippen molar-refractivity contribution in [2.24, 2.45) is 0 Å². The highest BCUT2D eigenvalue weighted by atomic mass is 16.5. The second-order valence-electron chi connectivity index (χ2n) is 6.41. The van der Waals surface area contributed by atoms with E-state index in [1.54, 1.807) is 7.11 Å². The van der Waals surface area contributed by atoms with Gasteiger partial charge in [-0.05, 0) is 51.4 Å². The highest BCUT2D eigenvalue weighted by molar-refractivity contribution is 5.04. The van der Waals surface area contributed by atoms with Gasteiger partial charge in [0.15, 0.2) is 5.60 Å². The number of hydrogen-bond acceptors (Lipinski definition) is 3.